The van der Waals surface area contributed by atoms with Crippen LogP contribution in [-0.2, 0) is 0 Å². The second-order valence-electron chi connectivity index (χ2n) is 3.52. The maximum Gasteiger partial charge on any atom is 0.0372 e. The van der Waals surface area contributed by atoms with Crippen molar-refractivity contribution in [3.8, 4) is 0 Å². The van der Waals surface area contributed by atoms with Gasteiger partial charge >= 0.3 is 0 Å². The van der Waals surface area contributed by atoms with Crippen molar-refractivity contribution in [1.29, 1.82) is 0 Å². The van der Waals surface area contributed by atoms with Crippen LogP contribution in [0.4, 0.5) is 5.69 Å². The van der Waals surface area contributed by atoms with E-state index >= 15 is 0 Å². The summed E-state index contributed by atoms with van der Waals surface area (Å²) in [6.07, 6.45) is 8.51. The highest BCUT2D eigenvalue weighted by Gasteiger charge is 2.01. The van der Waals surface area contributed by atoms with E-state index in [4.69, 9.17) is 0 Å². The van der Waals surface area contributed by atoms with Crippen LogP contribution >= 0.6 is 15.9 Å². The van der Waals surface area contributed by atoms with Gasteiger partial charge in [-0.05, 0) is 38.1 Å². The molecule has 0 aliphatic carbocycles. The van der Waals surface area contributed by atoms with E-state index in [1.165, 1.54) is 5.69 Å². The Balaban J connectivity index is 2.77. The SMILES string of the molecule is C/C=C/CN(C/C=C/C)c1ccc(Br)cc1. The summed E-state index contributed by atoms with van der Waals surface area (Å²) in [4.78, 5) is 2.33. The van der Waals surface area contributed by atoms with Gasteiger partial charge < -0.3 is 4.90 Å². The van der Waals surface area contributed by atoms with E-state index in [2.05, 4.69) is 83.2 Å². The molecule has 0 unspecified atom stereocenters. The van der Waals surface area contributed by atoms with Gasteiger partial charge in [-0.2, -0.15) is 0 Å². The van der Waals surface area contributed by atoms with Gasteiger partial charge in [-0.3, -0.25) is 0 Å². The van der Waals surface area contributed by atoms with Crippen molar-refractivity contribution in [3.63, 3.8) is 0 Å². The summed E-state index contributed by atoms with van der Waals surface area (Å²) in [5.41, 5.74) is 1.25. The third-order valence-corrected chi connectivity index (χ3v) is 2.84. The molecule has 0 amide bonds. The Labute approximate surface area is 107 Å². The lowest BCUT2D eigenvalue weighted by atomic mass is 10.2. The van der Waals surface area contributed by atoms with Crippen LogP contribution in [0.15, 0.2) is 53.0 Å². The van der Waals surface area contributed by atoms with Crippen LogP contribution in [0.2, 0.25) is 0 Å². The Morgan fingerprint density at radius 1 is 1.00 bits per heavy atom. The molecule has 0 aliphatic heterocycles. The first-order valence-electron chi connectivity index (χ1n) is 5.50. The Morgan fingerprint density at radius 3 is 1.94 bits per heavy atom. The number of rotatable bonds is 5. The highest BCUT2D eigenvalue weighted by atomic mass is 79.9. The average molecular weight is 280 g/mol. The molecule has 1 nitrogen and oxygen atoms in total. The maximum absolute atomic E-state index is 3.45. The van der Waals surface area contributed by atoms with E-state index in [0.717, 1.165) is 17.6 Å². The molecular formula is C14H18BrN. The number of anilines is 1. The Hall–Kier alpha value is -1.02. The van der Waals surface area contributed by atoms with Crippen LogP contribution in [0, 0.1) is 0 Å². The van der Waals surface area contributed by atoms with Gasteiger partial charge in [0.05, 0.1) is 0 Å². The third-order valence-electron chi connectivity index (χ3n) is 2.31. The van der Waals surface area contributed by atoms with Gasteiger partial charge in [-0.25, -0.2) is 0 Å². The number of allylic oxidation sites excluding steroid dienone is 2. The topological polar surface area (TPSA) is 3.24 Å². The second-order valence-corrected chi connectivity index (χ2v) is 4.44. The van der Waals surface area contributed by atoms with Gasteiger partial charge in [0.25, 0.3) is 0 Å². The maximum atomic E-state index is 3.45. The van der Waals surface area contributed by atoms with Gasteiger partial charge in [0.2, 0.25) is 0 Å². The average Bonchev–Trinajstić information content (AvgIpc) is 2.31. The summed E-state index contributed by atoms with van der Waals surface area (Å²) >= 11 is 3.45. The number of nitrogens with zero attached hydrogens (tertiary/aromatic N) is 1. The zero-order valence-electron chi connectivity index (χ0n) is 9.86. The number of halogens is 1. The third kappa shape index (κ3) is 4.23. The summed E-state index contributed by atoms with van der Waals surface area (Å²) in [5, 5.41) is 0. The molecular weight excluding hydrogens is 262 g/mol. The molecule has 0 spiro atoms. The van der Waals surface area contributed by atoms with E-state index in [0.29, 0.717) is 0 Å². The molecule has 0 saturated carbocycles. The molecule has 0 bridgehead atoms. The summed E-state index contributed by atoms with van der Waals surface area (Å²) in [5.74, 6) is 0. The summed E-state index contributed by atoms with van der Waals surface area (Å²) in [6, 6.07) is 8.43. The zero-order valence-corrected chi connectivity index (χ0v) is 11.4. The fourth-order valence-corrected chi connectivity index (χ4v) is 1.67. The molecule has 16 heavy (non-hydrogen) atoms. The van der Waals surface area contributed by atoms with Crippen molar-refractivity contribution in [3.05, 3.63) is 53.0 Å². The lowest BCUT2D eigenvalue weighted by Crippen LogP contribution is -2.23. The molecule has 1 rings (SSSR count). The van der Waals surface area contributed by atoms with E-state index in [1.54, 1.807) is 0 Å². The molecule has 1 aromatic rings. The molecule has 0 saturated heterocycles. The van der Waals surface area contributed by atoms with Crippen LogP contribution in [0.5, 0.6) is 0 Å². The van der Waals surface area contributed by atoms with E-state index in [1.807, 2.05) is 0 Å². The van der Waals surface area contributed by atoms with E-state index < -0.39 is 0 Å². The van der Waals surface area contributed by atoms with Gasteiger partial charge in [0.15, 0.2) is 0 Å². The number of hydrogen-bond donors (Lipinski definition) is 0. The molecule has 0 radical (unpaired) electrons. The van der Waals surface area contributed by atoms with E-state index in [-0.39, 0.29) is 0 Å². The van der Waals surface area contributed by atoms with Crippen LogP contribution in [0.25, 0.3) is 0 Å². The number of hydrogen-bond acceptors (Lipinski definition) is 1. The highest BCUT2D eigenvalue weighted by Crippen LogP contribution is 2.18. The van der Waals surface area contributed by atoms with Gasteiger partial charge in [-0.15, -0.1) is 0 Å². The molecule has 1 aromatic carbocycles. The fraction of sp³-hybridized carbons (Fsp3) is 0.286. The Morgan fingerprint density at radius 2 is 1.50 bits per heavy atom. The first-order valence-corrected chi connectivity index (χ1v) is 6.30. The molecule has 0 atom stereocenters. The largest absolute Gasteiger partial charge is 0.364 e. The van der Waals surface area contributed by atoms with Gasteiger partial charge in [0.1, 0.15) is 0 Å². The predicted octanol–water partition coefficient (Wildman–Crippen LogP) is 4.41. The quantitative estimate of drug-likeness (QED) is 0.722. The molecule has 0 heterocycles. The molecule has 86 valence electrons. The van der Waals surface area contributed by atoms with Crippen molar-refractivity contribution in [2.75, 3.05) is 18.0 Å². The highest BCUT2D eigenvalue weighted by molar-refractivity contribution is 9.10. The lowest BCUT2D eigenvalue weighted by Gasteiger charge is -2.21. The van der Waals surface area contributed by atoms with Gasteiger partial charge in [0, 0.05) is 23.2 Å². The lowest BCUT2D eigenvalue weighted by molar-refractivity contribution is 0.951. The minimum atomic E-state index is 0.947. The van der Waals surface area contributed by atoms with E-state index in [9.17, 15) is 0 Å². The predicted molar refractivity (Wildman–Crippen MR) is 76.0 cm³/mol. The summed E-state index contributed by atoms with van der Waals surface area (Å²) < 4.78 is 1.12. The normalized spacial score (nSPS) is 11.4. The van der Waals surface area contributed by atoms with Crippen molar-refractivity contribution in [2.24, 2.45) is 0 Å². The van der Waals surface area contributed by atoms with Crippen molar-refractivity contribution < 1.29 is 0 Å². The summed E-state index contributed by atoms with van der Waals surface area (Å²) in [7, 11) is 0. The minimum Gasteiger partial charge on any atom is -0.364 e. The molecule has 0 aliphatic rings. The monoisotopic (exact) mass is 279 g/mol. The van der Waals surface area contributed by atoms with Crippen LogP contribution in [0.1, 0.15) is 13.8 Å². The minimum absolute atomic E-state index is 0.947. The first kappa shape index (κ1) is 13.0. The Bertz CT molecular complexity index is 338. The van der Waals surface area contributed by atoms with Crippen LogP contribution in [0.3, 0.4) is 0 Å². The first-order chi connectivity index (χ1) is 7.77. The van der Waals surface area contributed by atoms with Crippen LogP contribution in [-0.4, -0.2) is 13.1 Å². The van der Waals surface area contributed by atoms with Crippen molar-refractivity contribution >= 4 is 21.6 Å². The smallest absolute Gasteiger partial charge is 0.0372 e. The van der Waals surface area contributed by atoms with Crippen LogP contribution < -0.4 is 4.90 Å². The van der Waals surface area contributed by atoms with Crippen molar-refractivity contribution in [2.45, 2.75) is 13.8 Å². The molecule has 0 aromatic heterocycles. The summed E-state index contributed by atoms with van der Waals surface area (Å²) in [6.45, 7) is 6.00. The molecule has 2 heteroatoms. The molecule has 0 N–H and O–H groups in total. The van der Waals surface area contributed by atoms with Gasteiger partial charge in [-0.1, -0.05) is 40.2 Å². The van der Waals surface area contributed by atoms with Crippen molar-refractivity contribution in [1.82, 2.24) is 0 Å². The number of benzene rings is 1. The Kier molecular flexibility index (Phi) is 5.94. The second kappa shape index (κ2) is 7.29. The molecule has 0 fully saturated rings. The fourth-order valence-electron chi connectivity index (χ4n) is 1.40. The standard InChI is InChI=1S/C14H18BrN/c1-3-5-11-16(12-6-4-2)14-9-7-13(15)8-10-14/h3-10H,11-12H2,1-2H3/b5-3+,6-4+. The zero-order chi connectivity index (χ0) is 11.8.